The second-order valence-corrected chi connectivity index (χ2v) is 9.10. The Kier molecular flexibility index (Phi) is 4.51. The number of aryl methyl sites for hydroxylation is 1. The highest BCUT2D eigenvalue weighted by atomic mass is 32.2. The number of imidazole rings is 1. The molecule has 0 N–H and O–H groups in total. The molecule has 2 aromatic carbocycles. The number of sulfonamides is 1. The molecule has 2 heterocycles. The Hall–Kier alpha value is -3.04. The minimum Gasteiger partial charge on any atom is -0.327 e. The topological polar surface area (TPSA) is 92.6 Å². The molecule has 1 aromatic heterocycles. The second kappa shape index (κ2) is 6.78. The Bertz CT molecular complexity index is 1230. The van der Waals surface area contributed by atoms with Gasteiger partial charge in [-0.2, -0.15) is 0 Å². The van der Waals surface area contributed by atoms with Crippen molar-refractivity contribution in [2.24, 2.45) is 0 Å². The maximum Gasteiger partial charge on any atom is 0.261 e. The summed E-state index contributed by atoms with van der Waals surface area (Å²) in [5.74, 6) is -0.177. The van der Waals surface area contributed by atoms with Crippen molar-refractivity contribution in [3.63, 3.8) is 0 Å². The van der Waals surface area contributed by atoms with Gasteiger partial charge in [-0.05, 0) is 37.3 Å². The van der Waals surface area contributed by atoms with E-state index < -0.39 is 10.0 Å². The maximum absolute atomic E-state index is 12.7. The van der Waals surface area contributed by atoms with Crippen LogP contribution in [0.2, 0.25) is 0 Å². The Balaban J connectivity index is 1.75. The van der Waals surface area contributed by atoms with Crippen LogP contribution in [0, 0.1) is 0 Å². The third kappa shape index (κ3) is 2.93. The van der Waals surface area contributed by atoms with Crippen LogP contribution < -0.4 is 0 Å². The molecule has 0 saturated heterocycles. The number of hydrogen-bond donors (Lipinski definition) is 0. The Morgan fingerprint density at radius 1 is 1.00 bits per heavy atom. The Morgan fingerprint density at radius 2 is 1.62 bits per heavy atom. The van der Waals surface area contributed by atoms with Gasteiger partial charge in [-0.25, -0.2) is 17.7 Å². The molecule has 150 valence electrons. The van der Waals surface area contributed by atoms with Gasteiger partial charge in [0.15, 0.2) is 0 Å². The summed E-state index contributed by atoms with van der Waals surface area (Å²) < 4.78 is 27.9. The molecule has 0 unspecified atom stereocenters. The van der Waals surface area contributed by atoms with E-state index in [-0.39, 0.29) is 23.3 Å². The lowest BCUT2D eigenvalue weighted by atomic mass is 10.1. The van der Waals surface area contributed by atoms with Crippen LogP contribution in [-0.4, -0.2) is 53.1 Å². The number of carbonyl (C=O) groups excluding carboxylic acids is 2. The van der Waals surface area contributed by atoms with E-state index in [0.717, 1.165) is 9.82 Å². The molecule has 0 atom stereocenters. The number of benzene rings is 2. The van der Waals surface area contributed by atoms with E-state index in [9.17, 15) is 18.0 Å². The molecule has 4 rings (SSSR count). The first kappa shape index (κ1) is 19.3. The quantitative estimate of drug-likeness (QED) is 0.599. The van der Waals surface area contributed by atoms with Gasteiger partial charge in [-0.1, -0.05) is 12.1 Å². The monoisotopic (exact) mass is 412 g/mol. The van der Waals surface area contributed by atoms with Crippen molar-refractivity contribution in [3.8, 4) is 0 Å². The average molecular weight is 412 g/mol. The molecule has 29 heavy (non-hydrogen) atoms. The van der Waals surface area contributed by atoms with Gasteiger partial charge in [0.05, 0.1) is 33.6 Å². The van der Waals surface area contributed by atoms with Crippen LogP contribution in [0.4, 0.5) is 0 Å². The summed E-state index contributed by atoms with van der Waals surface area (Å²) >= 11 is 0. The smallest absolute Gasteiger partial charge is 0.261 e. The highest BCUT2D eigenvalue weighted by Crippen LogP contribution is 2.27. The van der Waals surface area contributed by atoms with E-state index in [1.165, 1.54) is 31.1 Å². The lowest BCUT2D eigenvalue weighted by molar-refractivity contribution is 0.0637. The number of fused-ring (bicyclic) bond motifs is 2. The van der Waals surface area contributed by atoms with E-state index in [0.29, 0.717) is 29.0 Å². The molecule has 1 aliphatic rings. The van der Waals surface area contributed by atoms with Gasteiger partial charge >= 0.3 is 0 Å². The molecule has 3 aromatic rings. The van der Waals surface area contributed by atoms with Gasteiger partial charge in [0.1, 0.15) is 5.82 Å². The lowest BCUT2D eigenvalue weighted by Gasteiger charge is -2.14. The van der Waals surface area contributed by atoms with Gasteiger partial charge < -0.3 is 4.57 Å². The van der Waals surface area contributed by atoms with Crippen molar-refractivity contribution in [2.45, 2.75) is 24.9 Å². The van der Waals surface area contributed by atoms with Crippen molar-refractivity contribution in [1.29, 1.82) is 0 Å². The molecule has 2 amide bonds. The summed E-state index contributed by atoms with van der Waals surface area (Å²) in [5, 5.41) is 0. The minimum absolute atomic E-state index is 0.0185. The van der Waals surface area contributed by atoms with Gasteiger partial charge in [0, 0.05) is 20.6 Å². The predicted molar refractivity (Wildman–Crippen MR) is 107 cm³/mol. The van der Waals surface area contributed by atoms with Crippen LogP contribution in [0.3, 0.4) is 0 Å². The number of carbonyl (C=O) groups is 2. The van der Waals surface area contributed by atoms with Gasteiger partial charge in [0.25, 0.3) is 11.8 Å². The fourth-order valence-corrected chi connectivity index (χ4v) is 4.45. The molecular formula is C20H20N4O4S. The maximum atomic E-state index is 12.7. The number of imide groups is 1. The molecule has 8 nitrogen and oxygen atoms in total. The summed E-state index contributed by atoms with van der Waals surface area (Å²) in [6, 6.07) is 11.5. The molecule has 0 bridgehead atoms. The van der Waals surface area contributed by atoms with Gasteiger partial charge in [0.2, 0.25) is 10.0 Å². The number of amides is 2. The largest absolute Gasteiger partial charge is 0.327 e. The molecule has 0 aliphatic carbocycles. The summed E-state index contributed by atoms with van der Waals surface area (Å²) in [6.45, 7) is 2.51. The fourth-order valence-electron chi connectivity index (χ4n) is 3.53. The number of aromatic nitrogens is 2. The van der Waals surface area contributed by atoms with Crippen molar-refractivity contribution in [3.05, 3.63) is 59.4 Å². The summed E-state index contributed by atoms with van der Waals surface area (Å²) in [7, 11) is -0.649. The standard InChI is InChI=1S/C20H20N4O4S/c1-4-23-17-10-9-13(29(27,28)22(2)3)11-16(17)21-18(23)12-24-19(25)14-7-5-6-8-15(14)20(24)26/h5-11H,4,12H2,1-3H3. The SMILES string of the molecule is CCn1c(CN2C(=O)c3ccccc3C2=O)nc2cc(S(=O)(=O)N(C)C)ccc21. The first-order valence-corrected chi connectivity index (χ1v) is 10.6. The Labute approximate surface area is 168 Å². The van der Waals surface area contributed by atoms with Crippen molar-refractivity contribution in [1.82, 2.24) is 18.8 Å². The predicted octanol–water partition coefficient (Wildman–Crippen LogP) is 2.10. The van der Waals surface area contributed by atoms with E-state index in [1.807, 2.05) is 11.5 Å². The minimum atomic E-state index is -3.59. The third-order valence-corrected chi connectivity index (χ3v) is 6.88. The lowest BCUT2D eigenvalue weighted by Crippen LogP contribution is -2.30. The Morgan fingerprint density at radius 3 is 2.17 bits per heavy atom. The number of hydrogen-bond acceptors (Lipinski definition) is 5. The van der Waals surface area contributed by atoms with Crippen molar-refractivity contribution in [2.75, 3.05) is 14.1 Å². The number of rotatable bonds is 5. The highest BCUT2D eigenvalue weighted by molar-refractivity contribution is 7.89. The number of nitrogens with zero attached hydrogens (tertiary/aromatic N) is 4. The van der Waals surface area contributed by atoms with E-state index in [1.54, 1.807) is 30.3 Å². The first-order chi connectivity index (χ1) is 13.8. The van der Waals surface area contributed by atoms with Gasteiger partial charge in [-0.3, -0.25) is 14.5 Å². The third-order valence-electron chi connectivity index (χ3n) is 5.07. The van der Waals surface area contributed by atoms with E-state index in [2.05, 4.69) is 4.98 Å². The van der Waals surface area contributed by atoms with Crippen LogP contribution in [-0.2, 0) is 23.1 Å². The van der Waals surface area contributed by atoms with E-state index in [4.69, 9.17) is 0 Å². The summed E-state index contributed by atoms with van der Waals surface area (Å²) in [5.41, 5.74) is 2.02. The van der Waals surface area contributed by atoms with Crippen LogP contribution in [0.1, 0.15) is 33.5 Å². The molecule has 0 radical (unpaired) electrons. The van der Waals surface area contributed by atoms with Crippen LogP contribution in [0.5, 0.6) is 0 Å². The molecule has 1 aliphatic heterocycles. The molecule has 9 heteroatoms. The molecule has 0 fully saturated rings. The highest BCUT2D eigenvalue weighted by Gasteiger charge is 2.36. The van der Waals surface area contributed by atoms with Crippen molar-refractivity contribution < 1.29 is 18.0 Å². The van der Waals surface area contributed by atoms with E-state index >= 15 is 0 Å². The van der Waals surface area contributed by atoms with Crippen molar-refractivity contribution >= 4 is 32.9 Å². The van der Waals surface area contributed by atoms with Crippen LogP contribution >= 0.6 is 0 Å². The normalized spacial score (nSPS) is 14.3. The summed E-state index contributed by atoms with van der Waals surface area (Å²) in [4.78, 5) is 31.2. The van der Waals surface area contributed by atoms with Gasteiger partial charge in [-0.15, -0.1) is 0 Å². The molecular weight excluding hydrogens is 392 g/mol. The zero-order chi connectivity index (χ0) is 20.9. The average Bonchev–Trinajstić information content (AvgIpc) is 3.17. The zero-order valence-electron chi connectivity index (χ0n) is 16.3. The zero-order valence-corrected chi connectivity index (χ0v) is 17.1. The first-order valence-electron chi connectivity index (χ1n) is 9.12. The summed E-state index contributed by atoms with van der Waals surface area (Å²) in [6.07, 6.45) is 0. The fraction of sp³-hybridized carbons (Fsp3) is 0.250. The molecule has 0 spiro atoms. The van der Waals surface area contributed by atoms with Crippen LogP contribution in [0.25, 0.3) is 11.0 Å². The molecule has 0 saturated carbocycles. The van der Waals surface area contributed by atoms with Crippen LogP contribution in [0.15, 0.2) is 47.4 Å². The second-order valence-electron chi connectivity index (χ2n) is 6.95.